The van der Waals surface area contributed by atoms with E-state index in [1.54, 1.807) is 0 Å². The fourth-order valence-electron chi connectivity index (χ4n) is 2.07. The monoisotopic (exact) mass is 162 g/mol. The smallest absolute Gasteiger partial charge is 0.207 e. The van der Waals surface area contributed by atoms with Crippen LogP contribution in [0.2, 0.25) is 0 Å². The lowest BCUT2D eigenvalue weighted by molar-refractivity contribution is -0.0731. The molecule has 1 fully saturated rings. The second-order valence-electron chi connectivity index (χ2n) is 3.82. The maximum absolute atomic E-state index is 12.9. The summed E-state index contributed by atoms with van der Waals surface area (Å²) in [6.07, 6.45) is 3.81. The van der Waals surface area contributed by atoms with Gasteiger partial charge in [0, 0.05) is 5.92 Å². The highest BCUT2D eigenvalue weighted by Gasteiger charge is 2.38. The van der Waals surface area contributed by atoms with Crippen LogP contribution >= 0.6 is 0 Å². The Hall–Kier alpha value is -0.140. The van der Waals surface area contributed by atoms with Crippen LogP contribution in [0.1, 0.15) is 39.5 Å². The zero-order valence-electron chi connectivity index (χ0n) is 7.24. The van der Waals surface area contributed by atoms with Crippen LogP contribution in [0, 0.1) is 11.8 Å². The lowest BCUT2D eigenvalue weighted by Crippen LogP contribution is -2.32. The second-order valence-corrected chi connectivity index (χ2v) is 3.82. The summed E-state index contributed by atoms with van der Waals surface area (Å²) in [6.45, 7) is 3.00. The predicted molar refractivity (Wildman–Crippen MR) is 41.7 cm³/mol. The molecule has 0 nitrogen and oxygen atoms in total. The minimum Gasteiger partial charge on any atom is -0.207 e. The van der Waals surface area contributed by atoms with Gasteiger partial charge in [-0.25, -0.2) is 8.78 Å². The van der Waals surface area contributed by atoms with Crippen LogP contribution < -0.4 is 0 Å². The van der Waals surface area contributed by atoms with Gasteiger partial charge in [0.15, 0.2) is 0 Å². The topological polar surface area (TPSA) is 0 Å². The van der Waals surface area contributed by atoms with E-state index in [4.69, 9.17) is 0 Å². The molecule has 11 heavy (non-hydrogen) atoms. The van der Waals surface area contributed by atoms with Gasteiger partial charge in [-0.3, -0.25) is 0 Å². The first-order valence-electron chi connectivity index (χ1n) is 4.39. The van der Waals surface area contributed by atoms with Gasteiger partial charge in [-0.15, -0.1) is 0 Å². The molecular formula is C9H16F2. The quantitative estimate of drug-likeness (QED) is 0.553. The Bertz CT molecular complexity index is 126. The third-order valence-corrected chi connectivity index (χ3v) is 2.76. The summed E-state index contributed by atoms with van der Waals surface area (Å²) in [6, 6.07) is 0. The van der Waals surface area contributed by atoms with Crippen LogP contribution in [0.3, 0.4) is 0 Å². The molecule has 66 valence electrons. The van der Waals surface area contributed by atoms with E-state index in [-0.39, 0.29) is 11.8 Å². The SMILES string of the molecule is CC1CCCCC1C(C)(F)F. The number of rotatable bonds is 1. The molecule has 0 radical (unpaired) electrons. The van der Waals surface area contributed by atoms with Gasteiger partial charge < -0.3 is 0 Å². The molecule has 0 saturated heterocycles. The zero-order chi connectivity index (χ0) is 8.48. The average molecular weight is 162 g/mol. The third kappa shape index (κ3) is 2.14. The Kier molecular flexibility index (Phi) is 2.50. The fourth-order valence-corrected chi connectivity index (χ4v) is 2.07. The van der Waals surface area contributed by atoms with Crippen molar-refractivity contribution in [3.63, 3.8) is 0 Å². The van der Waals surface area contributed by atoms with Crippen LogP contribution in [0.4, 0.5) is 8.78 Å². The summed E-state index contributed by atoms with van der Waals surface area (Å²) in [5.41, 5.74) is 0. The molecule has 0 aliphatic heterocycles. The molecule has 1 saturated carbocycles. The number of hydrogen-bond acceptors (Lipinski definition) is 0. The van der Waals surface area contributed by atoms with Crippen molar-refractivity contribution >= 4 is 0 Å². The van der Waals surface area contributed by atoms with Gasteiger partial charge in [-0.2, -0.15) is 0 Å². The highest BCUT2D eigenvalue weighted by Crippen LogP contribution is 2.39. The minimum absolute atomic E-state index is 0.212. The predicted octanol–water partition coefficient (Wildman–Crippen LogP) is 3.47. The van der Waals surface area contributed by atoms with Crippen LogP contribution in [0.5, 0.6) is 0 Å². The Morgan fingerprint density at radius 3 is 2.09 bits per heavy atom. The molecule has 0 amide bonds. The Morgan fingerprint density at radius 2 is 1.73 bits per heavy atom. The van der Waals surface area contributed by atoms with Crippen molar-refractivity contribution in [2.45, 2.75) is 45.5 Å². The van der Waals surface area contributed by atoms with Gasteiger partial charge in [0.1, 0.15) is 0 Å². The summed E-state index contributed by atoms with van der Waals surface area (Å²) < 4.78 is 25.7. The Labute approximate surface area is 67.0 Å². The molecular weight excluding hydrogens is 146 g/mol. The Morgan fingerprint density at radius 1 is 1.18 bits per heavy atom. The summed E-state index contributed by atoms with van der Waals surface area (Å²) in [7, 11) is 0. The molecule has 0 heterocycles. The largest absolute Gasteiger partial charge is 0.248 e. The number of halogens is 2. The van der Waals surface area contributed by atoms with Crippen molar-refractivity contribution in [3.8, 4) is 0 Å². The van der Waals surface area contributed by atoms with Gasteiger partial charge in [0.05, 0.1) is 0 Å². The van der Waals surface area contributed by atoms with Crippen LogP contribution in [0.15, 0.2) is 0 Å². The average Bonchev–Trinajstić information content (AvgIpc) is 1.86. The first-order valence-corrected chi connectivity index (χ1v) is 4.39. The van der Waals surface area contributed by atoms with E-state index >= 15 is 0 Å². The third-order valence-electron chi connectivity index (χ3n) is 2.76. The fraction of sp³-hybridized carbons (Fsp3) is 1.00. The van der Waals surface area contributed by atoms with Crippen LogP contribution in [0.25, 0.3) is 0 Å². The van der Waals surface area contributed by atoms with E-state index in [0.29, 0.717) is 6.42 Å². The Balaban J connectivity index is 2.55. The molecule has 0 bridgehead atoms. The zero-order valence-corrected chi connectivity index (χ0v) is 7.24. The van der Waals surface area contributed by atoms with E-state index in [1.807, 2.05) is 6.92 Å². The second kappa shape index (κ2) is 3.08. The molecule has 1 aliphatic rings. The standard InChI is InChI=1S/C9H16F2/c1-7-5-3-4-6-8(7)9(2,10)11/h7-8H,3-6H2,1-2H3. The number of alkyl halides is 2. The molecule has 2 heteroatoms. The maximum Gasteiger partial charge on any atom is 0.248 e. The van der Waals surface area contributed by atoms with Crippen molar-refractivity contribution in [2.75, 3.05) is 0 Å². The van der Waals surface area contributed by atoms with Crippen LogP contribution in [-0.2, 0) is 0 Å². The van der Waals surface area contributed by atoms with Gasteiger partial charge in [-0.1, -0.05) is 26.2 Å². The van der Waals surface area contributed by atoms with Crippen molar-refractivity contribution < 1.29 is 8.78 Å². The summed E-state index contributed by atoms with van der Waals surface area (Å²) in [5.74, 6) is -2.61. The van der Waals surface area contributed by atoms with Crippen molar-refractivity contribution in [1.82, 2.24) is 0 Å². The first kappa shape index (κ1) is 8.95. The summed E-state index contributed by atoms with van der Waals surface area (Å²) >= 11 is 0. The highest BCUT2D eigenvalue weighted by atomic mass is 19.3. The van der Waals surface area contributed by atoms with Crippen LogP contribution in [-0.4, -0.2) is 5.92 Å². The molecule has 0 aromatic carbocycles. The lowest BCUT2D eigenvalue weighted by Gasteiger charge is -2.32. The summed E-state index contributed by atoms with van der Waals surface area (Å²) in [4.78, 5) is 0. The van der Waals surface area contributed by atoms with E-state index < -0.39 is 5.92 Å². The summed E-state index contributed by atoms with van der Waals surface area (Å²) in [5, 5.41) is 0. The van der Waals surface area contributed by atoms with E-state index in [1.165, 1.54) is 0 Å². The first-order chi connectivity index (χ1) is 5.02. The molecule has 0 aromatic heterocycles. The molecule has 0 aromatic rings. The van der Waals surface area contributed by atoms with Gasteiger partial charge in [0.2, 0.25) is 5.92 Å². The highest BCUT2D eigenvalue weighted by molar-refractivity contribution is 4.80. The molecule has 1 rings (SSSR count). The lowest BCUT2D eigenvalue weighted by atomic mass is 9.77. The molecule has 0 spiro atoms. The molecule has 2 atom stereocenters. The number of hydrogen-bond donors (Lipinski definition) is 0. The van der Waals surface area contributed by atoms with Gasteiger partial charge in [-0.05, 0) is 19.3 Å². The molecule has 2 unspecified atom stereocenters. The van der Waals surface area contributed by atoms with Crippen molar-refractivity contribution in [3.05, 3.63) is 0 Å². The van der Waals surface area contributed by atoms with Crippen molar-refractivity contribution in [2.24, 2.45) is 11.8 Å². The van der Waals surface area contributed by atoms with E-state index in [2.05, 4.69) is 0 Å². The normalized spacial score (nSPS) is 33.8. The maximum atomic E-state index is 12.9. The van der Waals surface area contributed by atoms with E-state index in [9.17, 15) is 8.78 Å². The van der Waals surface area contributed by atoms with Gasteiger partial charge in [0.25, 0.3) is 0 Å². The van der Waals surface area contributed by atoms with E-state index in [0.717, 1.165) is 26.2 Å². The molecule has 0 N–H and O–H groups in total. The minimum atomic E-state index is -2.46. The van der Waals surface area contributed by atoms with Crippen molar-refractivity contribution in [1.29, 1.82) is 0 Å². The van der Waals surface area contributed by atoms with Gasteiger partial charge >= 0.3 is 0 Å². The molecule has 1 aliphatic carbocycles.